The van der Waals surface area contributed by atoms with E-state index in [9.17, 15) is 21.6 Å². The van der Waals surface area contributed by atoms with Crippen molar-refractivity contribution in [1.82, 2.24) is 0 Å². The van der Waals surface area contributed by atoms with Crippen LogP contribution in [0.5, 0.6) is 0 Å². The molecule has 2 aromatic rings. The van der Waals surface area contributed by atoms with Crippen molar-refractivity contribution in [3.63, 3.8) is 0 Å². The average molecular weight is 330 g/mol. The number of fused-ring (bicyclic) bond motifs is 1. The highest BCUT2D eigenvalue weighted by atomic mass is 32.2. The second-order valence-electron chi connectivity index (χ2n) is 4.63. The first-order valence-electron chi connectivity index (χ1n) is 6.28. The molecule has 0 N–H and O–H groups in total. The molecule has 0 saturated heterocycles. The molecule has 0 unspecified atom stereocenters. The van der Waals surface area contributed by atoms with E-state index in [1.807, 2.05) is 0 Å². The molecule has 0 amide bonds. The Morgan fingerprint density at radius 1 is 1.14 bits per heavy atom. The molecule has 0 aliphatic carbocycles. The molecular weight excluding hydrogens is 317 g/mol. The summed E-state index contributed by atoms with van der Waals surface area (Å²) >= 11 is 0. The van der Waals surface area contributed by atoms with Gasteiger partial charge >= 0.3 is 6.18 Å². The van der Waals surface area contributed by atoms with Crippen molar-refractivity contribution in [3.8, 4) is 0 Å². The number of hydrogen-bond donors (Lipinski definition) is 0. The van der Waals surface area contributed by atoms with Crippen molar-refractivity contribution < 1.29 is 25.8 Å². The highest BCUT2D eigenvalue weighted by Gasteiger charge is 2.35. The molecule has 0 aromatic heterocycles. The van der Waals surface area contributed by atoms with E-state index in [0.717, 1.165) is 12.3 Å². The summed E-state index contributed by atoms with van der Waals surface area (Å²) < 4.78 is 66.0. The molecule has 3 nitrogen and oxygen atoms in total. The molecule has 0 aliphatic rings. The lowest BCUT2D eigenvalue weighted by Crippen LogP contribution is -2.13. The van der Waals surface area contributed by atoms with Crippen LogP contribution in [0.2, 0.25) is 0 Å². The lowest BCUT2D eigenvalue weighted by atomic mass is 9.97. The third-order valence-corrected chi connectivity index (χ3v) is 3.52. The highest BCUT2D eigenvalue weighted by molar-refractivity contribution is 7.85. The number of hydrogen-bond acceptors (Lipinski definition) is 3. The smallest absolute Gasteiger partial charge is 0.266 e. The fourth-order valence-electron chi connectivity index (χ4n) is 2.08. The predicted octanol–water partition coefficient (Wildman–Crippen LogP) is 3.76. The van der Waals surface area contributed by atoms with Crippen LogP contribution in [-0.2, 0) is 14.3 Å². The molecule has 0 bridgehead atoms. The molecule has 0 radical (unpaired) electrons. The summed E-state index contributed by atoms with van der Waals surface area (Å²) in [5.41, 5.74) is -0.935. The molecular formula is C15H13F3O3S. The topological polar surface area (TPSA) is 43.4 Å². The second kappa shape index (κ2) is 6.10. The summed E-state index contributed by atoms with van der Waals surface area (Å²) in [5, 5.41) is 1.10. The van der Waals surface area contributed by atoms with E-state index in [2.05, 4.69) is 4.18 Å². The Bertz CT molecular complexity index is 803. The Morgan fingerprint density at radius 2 is 1.77 bits per heavy atom. The Hall–Kier alpha value is -1.86. The van der Waals surface area contributed by atoms with Crippen LogP contribution in [0.4, 0.5) is 13.2 Å². The van der Waals surface area contributed by atoms with Crippen molar-refractivity contribution in [2.24, 2.45) is 0 Å². The van der Waals surface area contributed by atoms with Crippen LogP contribution in [0, 0.1) is 0 Å². The lowest BCUT2D eigenvalue weighted by Gasteiger charge is -2.14. The summed E-state index contributed by atoms with van der Waals surface area (Å²) in [6.45, 7) is -0.670. The molecule has 0 atom stereocenters. The third kappa shape index (κ3) is 4.08. The van der Waals surface area contributed by atoms with Gasteiger partial charge in [-0.3, -0.25) is 4.18 Å². The van der Waals surface area contributed by atoms with Gasteiger partial charge in [-0.05, 0) is 22.4 Å². The van der Waals surface area contributed by atoms with Crippen molar-refractivity contribution in [1.29, 1.82) is 0 Å². The molecule has 0 saturated carbocycles. The fourth-order valence-corrected chi connectivity index (χ4v) is 2.39. The maximum Gasteiger partial charge on any atom is 0.416 e. The van der Waals surface area contributed by atoms with Crippen LogP contribution in [0.15, 0.2) is 48.5 Å². The second-order valence-corrected chi connectivity index (χ2v) is 6.27. The standard InChI is InChI=1S/C15H13F3O3S/c1-22(19,20)21-10-9-14(15(16,17)18)13-8-4-6-11-5-2-3-7-12(11)13/h2-9H,10H2,1H3/b14-9-. The molecule has 0 heterocycles. The first-order chi connectivity index (χ1) is 10.2. The zero-order valence-corrected chi connectivity index (χ0v) is 12.4. The van der Waals surface area contributed by atoms with Gasteiger partial charge < -0.3 is 0 Å². The van der Waals surface area contributed by atoms with Gasteiger partial charge in [-0.1, -0.05) is 42.5 Å². The van der Waals surface area contributed by atoms with Gasteiger partial charge in [0.1, 0.15) is 0 Å². The monoisotopic (exact) mass is 330 g/mol. The van der Waals surface area contributed by atoms with Gasteiger partial charge in [-0.15, -0.1) is 0 Å². The first kappa shape index (κ1) is 16.5. The molecule has 22 heavy (non-hydrogen) atoms. The Kier molecular flexibility index (Phi) is 4.58. The summed E-state index contributed by atoms with van der Waals surface area (Å²) in [6, 6.07) is 11.3. The molecule has 0 aliphatic heterocycles. The molecule has 118 valence electrons. The Labute approximate surface area is 126 Å². The number of benzene rings is 2. The van der Waals surface area contributed by atoms with E-state index in [4.69, 9.17) is 0 Å². The van der Waals surface area contributed by atoms with Gasteiger partial charge in [0.15, 0.2) is 0 Å². The first-order valence-corrected chi connectivity index (χ1v) is 8.10. The van der Waals surface area contributed by atoms with Crippen LogP contribution in [-0.4, -0.2) is 27.5 Å². The van der Waals surface area contributed by atoms with Gasteiger partial charge in [-0.2, -0.15) is 21.6 Å². The van der Waals surface area contributed by atoms with Gasteiger partial charge in [-0.25, -0.2) is 0 Å². The number of rotatable bonds is 4. The highest BCUT2D eigenvalue weighted by Crippen LogP contribution is 2.37. The predicted molar refractivity (Wildman–Crippen MR) is 78.8 cm³/mol. The van der Waals surface area contributed by atoms with Crippen molar-refractivity contribution in [3.05, 3.63) is 54.1 Å². The van der Waals surface area contributed by atoms with Crippen molar-refractivity contribution in [2.75, 3.05) is 12.9 Å². The van der Waals surface area contributed by atoms with Gasteiger partial charge in [0.2, 0.25) is 0 Å². The van der Waals surface area contributed by atoms with Crippen LogP contribution in [0.25, 0.3) is 16.3 Å². The van der Waals surface area contributed by atoms with Crippen LogP contribution < -0.4 is 0 Å². The van der Waals surface area contributed by atoms with Crippen LogP contribution in [0.1, 0.15) is 5.56 Å². The summed E-state index contributed by atoms with van der Waals surface area (Å²) in [7, 11) is -3.80. The van der Waals surface area contributed by atoms with Gasteiger partial charge in [0.05, 0.1) is 18.4 Å². The van der Waals surface area contributed by atoms with E-state index in [0.29, 0.717) is 10.8 Å². The van der Waals surface area contributed by atoms with E-state index in [1.165, 1.54) is 12.1 Å². The minimum atomic E-state index is -4.62. The zero-order chi connectivity index (χ0) is 16.4. The van der Waals surface area contributed by atoms with Crippen LogP contribution >= 0.6 is 0 Å². The van der Waals surface area contributed by atoms with E-state index >= 15 is 0 Å². The number of allylic oxidation sites excluding steroid dienone is 1. The van der Waals surface area contributed by atoms with E-state index in [-0.39, 0.29) is 5.56 Å². The SMILES string of the molecule is CS(=O)(=O)OC/C=C(/c1cccc2ccccc12)C(F)(F)F. The van der Waals surface area contributed by atoms with E-state index < -0.39 is 28.5 Å². The minimum absolute atomic E-state index is 0.0114. The van der Waals surface area contributed by atoms with Crippen molar-refractivity contribution in [2.45, 2.75) is 6.18 Å². The maximum absolute atomic E-state index is 13.3. The molecule has 7 heteroatoms. The summed E-state index contributed by atoms with van der Waals surface area (Å²) in [4.78, 5) is 0. The Morgan fingerprint density at radius 3 is 2.41 bits per heavy atom. The maximum atomic E-state index is 13.3. The fraction of sp³-hybridized carbons (Fsp3) is 0.200. The molecule has 2 rings (SSSR count). The summed E-state index contributed by atoms with van der Waals surface area (Å²) in [5.74, 6) is 0. The van der Waals surface area contributed by atoms with Gasteiger partial charge in [0, 0.05) is 0 Å². The largest absolute Gasteiger partial charge is 0.416 e. The zero-order valence-electron chi connectivity index (χ0n) is 11.6. The average Bonchev–Trinajstić information content (AvgIpc) is 2.41. The van der Waals surface area contributed by atoms with Crippen LogP contribution in [0.3, 0.4) is 0 Å². The quantitative estimate of drug-likeness (QED) is 0.802. The third-order valence-electron chi connectivity index (χ3n) is 2.95. The van der Waals surface area contributed by atoms with Crippen molar-refractivity contribution >= 4 is 26.5 Å². The Balaban J connectivity index is 2.51. The molecule has 2 aromatic carbocycles. The van der Waals surface area contributed by atoms with E-state index in [1.54, 1.807) is 30.3 Å². The number of alkyl halides is 3. The molecule has 0 spiro atoms. The van der Waals surface area contributed by atoms with Gasteiger partial charge in [0.25, 0.3) is 10.1 Å². The summed E-state index contributed by atoms with van der Waals surface area (Å²) in [6.07, 6.45) is -3.10. The normalized spacial score (nSPS) is 13.5. The molecule has 0 fully saturated rings. The minimum Gasteiger partial charge on any atom is -0.266 e. The lowest BCUT2D eigenvalue weighted by molar-refractivity contribution is -0.0691. The number of halogens is 3.